The summed E-state index contributed by atoms with van der Waals surface area (Å²) in [4.78, 5) is 0. The number of benzene rings is 2. The van der Waals surface area contributed by atoms with Crippen molar-refractivity contribution in [2.45, 2.75) is 32.6 Å². The van der Waals surface area contributed by atoms with Crippen molar-refractivity contribution in [2.75, 3.05) is 0 Å². The van der Waals surface area contributed by atoms with E-state index in [4.69, 9.17) is 0 Å². The Hall–Kier alpha value is -2.08. The molecule has 0 unspecified atom stereocenters. The monoisotopic (exact) mass is 300 g/mol. The molecule has 0 heteroatoms. The van der Waals surface area contributed by atoms with Crippen LogP contribution in [0.3, 0.4) is 0 Å². The quantitative estimate of drug-likeness (QED) is 0.486. The minimum Gasteiger partial charge on any atom is -0.0729 e. The van der Waals surface area contributed by atoms with Crippen LogP contribution in [0.15, 0.2) is 54.6 Å². The highest BCUT2D eigenvalue weighted by atomic mass is 14.2. The number of hydrogen-bond acceptors (Lipinski definition) is 0. The van der Waals surface area contributed by atoms with E-state index in [-0.39, 0.29) is 0 Å². The second-order valence-electron chi connectivity index (χ2n) is 7.11. The molecule has 0 saturated heterocycles. The highest BCUT2D eigenvalue weighted by Crippen LogP contribution is 2.37. The van der Waals surface area contributed by atoms with Crippen LogP contribution in [-0.4, -0.2) is 0 Å². The third-order valence-electron chi connectivity index (χ3n) is 5.41. The molecule has 0 aromatic heterocycles. The molecule has 116 valence electrons. The summed E-state index contributed by atoms with van der Waals surface area (Å²) in [5.41, 5.74) is 6.86. The van der Waals surface area contributed by atoms with E-state index in [2.05, 4.69) is 73.7 Å². The minimum atomic E-state index is 0.723. The molecule has 0 atom stereocenters. The Bertz CT molecular complexity index is 704. The van der Waals surface area contributed by atoms with Crippen LogP contribution in [0.5, 0.6) is 0 Å². The van der Waals surface area contributed by atoms with Gasteiger partial charge in [-0.05, 0) is 52.5 Å². The summed E-state index contributed by atoms with van der Waals surface area (Å²) in [6.45, 7) is 2.39. The third-order valence-corrected chi connectivity index (χ3v) is 5.41. The molecule has 0 amide bonds. The summed E-state index contributed by atoms with van der Waals surface area (Å²) in [5, 5.41) is 0. The fraction of sp³-hybridized carbons (Fsp3) is 0.304. The maximum absolute atomic E-state index is 2.57. The molecule has 2 aliphatic rings. The molecule has 0 nitrogen and oxygen atoms in total. The van der Waals surface area contributed by atoms with Gasteiger partial charge >= 0.3 is 0 Å². The Morgan fingerprint density at radius 1 is 0.739 bits per heavy atom. The summed E-state index contributed by atoms with van der Waals surface area (Å²) in [6, 6.07) is 17.6. The van der Waals surface area contributed by atoms with E-state index in [9.17, 15) is 0 Å². The zero-order valence-corrected chi connectivity index (χ0v) is 13.8. The van der Waals surface area contributed by atoms with Gasteiger partial charge in [-0.1, -0.05) is 86.5 Å². The van der Waals surface area contributed by atoms with E-state index in [1.54, 1.807) is 0 Å². The number of fused-ring (bicyclic) bond motifs is 2. The molecule has 0 N–H and O–H groups in total. The minimum absolute atomic E-state index is 0.723. The Kier molecular flexibility index (Phi) is 3.91. The van der Waals surface area contributed by atoms with Crippen LogP contribution >= 0.6 is 0 Å². The first-order chi connectivity index (χ1) is 11.3. The topological polar surface area (TPSA) is 0 Å². The smallest absolute Gasteiger partial charge is 0.0108 e. The molecule has 0 aliphatic heterocycles. The number of hydrogen-bond donors (Lipinski definition) is 0. The van der Waals surface area contributed by atoms with Gasteiger partial charge < -0.3 is 0 Å². The van der Waals surface area contributed by atoms with Gasteiger partial charge in [-0.3, -0.25) is 0 Å². The molecule has 2 aliphatic carbocycles. The van der Waals surface area contributed by atoms with E-state index in [0.717, 1.165) is 11.8 Å². The average molecular weight is 300 g/mol. The highest BCUT2D eigenvalue weighted by Gasteiger charge is 2.20. The van der Waals surface area contributed by atoms with E-state index < -0.39 is 0 Å². The van der Waals surface area contributed by atoms with Crippen molar-refractivity contribution >= 4 is 17.7 Å². The standard InChI is InChI=1S/C23H24/c1-17-10-12-18(13-11-17)16-23-21-8-4-2-6-19(21)14-15-20-7-3-5-9-22(20)23/h2-9,14-18H,10-13H2,1H3. The largest absolute Gasteiger partial charge is 0.0729 e. The predicted octanol–water partition coefficient (Wildman–Crippen LogP) is 6.43. The maximum Gasteiger partial charge on any atom is -0.0108 e. The molecule has 1 saturated carbocycles. The SMILES string of the molecule is CC1CCC(C=C2c3ccccc3C=Cc3ccccc32)CC1. The van der Waals surface area contributed by atoms with Crippen LogP contribution in [0.25, 0.3) is 17.7 Å². The van der Waals surface area contributed by atoms with Gasteiger partial charge in [-0.25, -0.2) is 0 Å². The van der Waals surface area contributed by atoms with E-state index >= 15 is 0 Å². The lowest BCUT2D eigenvalue weighted by molar-refractivity contribution is 0.331. The van der Waals surface area contributed by atoms with Gasteiger partial charge in [0.1, 0.15) is 0 Å². The molecule has 1 fully saturated rings. The zero-order valence-electron chi connectivity index (χ0n) is 13.8. The lowest BCUT2D eigenvalue weighted by atomic mass is 9.80. The average Bonchev–Trinajstić information content (AvgIpc) is 2.75. The van der Waals surface area contributed by atoms with Crippen LogP contribution in [0.1, 0.15) is 54.9 Å². The summed E-state index contributed by atoms with van der Waals surface area (Å²) in [7, 11) is 0. The molecule has 0 bridgehead atoms. The summed E-state index contributed by atoms with van der Waals surface area (Å²) < 4.78 is 0. The first-order valence-corrected chi connectivity index (χ1v) is 8.90. The summed E-state index contributed by atoms with van der Waals surface area (Å²) >= 11 is 0. The van der Waals surface area contributed by atoms with Crippen molar-refractivity contribution in [3.8, 4) is 0 Å². The van der Waals surface area contributed by atoms with Gasteiger partial charge in [0.2, 0.25) is 0 Å². The zero-order chi connectivity index (χ0) is 15.6. The molecular formula is C23H24. The summed E-state index contributed by atoms with van der Waals surface area (Å²) in [5.74, 6) is 1.63. The lowest BCUT2D eigenvalue weighted by Crippen LogP contribution is -2.11. The molecule has 2 aromatic rings. The number of rotatable bonds is 1. The van der Waals surface area contributed by atoms with Crippen molar-refractivity contribution in [3.63, 3.8) is 0 Å². The van der Waals surface area contributed by atoms with Crippen molar-refractivity contribution in [1.29, 1.82) is 0 Å². The molecular weight excluding hydrogens is 276 g/mol. The Morgan fingerprint density at radius 2 is 1.26 bits per heavy atom. The summed E-state index contributed by atoms with van der Waals surface area (Å²) in [6.07, 6.45) is 12.5. The molecule has 4 rings (SSSR count). The van der Waals surface area contributed by atoms with E-state index in [1.165, 1.54) is 53.5 Å². The molecule has 23 heavy (non-hydrogen) atoms. The van der Waals surface area contributed by atoms with Gasteiger partial charge in [0.05, 0.1) is 0 Å². The van der Waals surface area contributed by atoms with E-state index in [0.29, 0.717) is 0 Å². The second kappa shape index (κ2) is 6.20. The van der Waals surface area contributed by atoms with Gasteiger partial charge in [0.15, 0.2) is 0 Å². The van der Waals surface area contributed by atoms with E-state index in [1.807, 2.05) is 0 Å². The highest BCUT2D eigenvalue weighted by molar-refractivity contribution is 5.93. The van der Waals surface area contributed by atoms with Crippen LogP contribution in [0, 0.1) is 11.8 Å². The lowest BCUT2D eigenvalue weighted by Gasteiger charge is -2.25. The molecule has 2 aromatic carbocycles. The Balaban J connectivity index is 1.82. The maximum atomic E-state index is 2.57. The fourth-order valence-electron chi connectivity index (χ4n) is 3.97. The van der Waals surface area contributed by atoms with Gasteiger partial charge in [0.25, 0.3) is 0 Å². The van der Waals surface area contributed by atoms with Crippen molar-refractivity contribution in [3.05, 3.63) is 76.9 Å². The first kappa shape index (κ1) is 14.5. The van der Waals surface area contributed by atoms with Crippen LogP contribution < -0.4 is 0 Å². The Labute approximate surface area is 139 Å². The fourth-order valence-corrected chi connectivity index (χ4v) is 3.97. The number of allylic oxidation sites excluding steroid dienone is 1. The van der Waals surface area contributed by atoms with Crippen molar-refractivity contribution in [1.82, 2.24) is 0 Å². The third kappa shape index (κ3) is 2.91. The van der Waals surface area contributed by atoms with Crippen LogP contribution in [0.2, 0.25) is 0 Å². The van der Waals surface area contributed by atoms with Gasteiger partial charge in [-0.2, -0.15) is 0 Å². The predicted molar refractivity (Wildman–Crippen MR) is 100 cm³/mol. The first-order valence-electron chi connectivity index (χ1n) is 8.90. The van der Waals surface area contributed by atoms with Crippen molar-refractivity contribution < 1.29 is 0 Å². The molecule has 0 heterocycles. The molecule has 0 spiro atoms. The molecule has 0 radical (unpaired) electrons. The normalized spacial score (nSPS) is 22.9. The van der Waals surface area contributed by atoms with Crippen LogP contribution in [-0.2, 0) is 0 Å². The van der Waals surface area contributed by atoms with Gasteiger partial charge in [0, 0.05) is 0 Å². The second-order valence-corrected chi connectivity index (χ2v) is 7.11. The van der Waals surface area contributed by atoms with Crippen LogP contribution in [0.4, 0.5) is 0 Å². The van der Waals surface area contributed by atoms with Gasteiger partial charge in [-0.15, -0.1) is 0 Å². The van der Waals surface area contributed by atoms with Crippen molar-refractivity contribution in [2.24, 2.45) is 11.8 Å². The Morgan fingerprint density at radius 3 is 1.83 bits per heavy atom.